The molecule has 0 aromatic heterocycles. The lowest BCUT2D eigenvalue weighted by atomic mass is 9.87. The zero-order valence-electron chi connectivity index (χ0n) is 20.9. The smallest absolute Gasteiger partial charge is 0.262 e. The number of aliphatic imine (C=N–C) groups is 2. The molecule has 1 aromatic rings. The molecule has 0 bridgehead atoms. The van der Waals surface area contributed by atoms with Gasteiger partial charge in [0.2, 0.25) is 0 Å². The Bertz CT molecular complexity index is 1260. The quantitative estimate of drug-likeness (QED) is 0.314. The van der Waals surface area contributed by atoms with Gasteiger partial charge in [-0.3, -0.25) is 14.8 Å². The fourth-order valence-electron chi connectivity index (χ4n) is 3.44. The predicted molar refractivity (Wildman–Crippen MR) is 150 cm³/mol. The molecule has 2 heterocycles. The van der Waals surface area contributed by atoms with Gasteiger partial charge in [0.05, 0.1) is 16.4 Å². The number of nitrogens with one attached hydrogen (secondary N) is 2. The zero-order valence-corrected chi connectivity index (χ0v) is 21.8. The van der Waals surface area contributed by atoms with Crippen LogP contribution >= 0.6 is 11.8 Å². The van der Waals surface area contributed by atoms with Gasteiger partial charge >= 0.3 is 0 Å². The molecule has 1 aromatic carbocycles. The van der Waals surface area contributed by atoms with Gasteiger partial charge in [0.25, 0.3) is 5.91 Å². The van der Waals surface area contributed by atoms with E-state index in [4.69, 9.17) is 0 Å². The number of thioether (sulfide) groups is 1. The van der Waals surface area contributed by atoms with Crippen LogP contribution in [0.3, 0.4) is 0 Å². The number of fused-ring (bicyclic) bond motifs is 1. The van der Waals surface area contributed by atoms with E-state index < -0.39 is 11.6 Å². The summed E-state index contributed by atoms with van der Waals surface area (Å²) in [7, 11) is 0. The second kappa shape index (κ2) is 11.4. The maximum atomic E-state index is 13.1. The molecule has 7 nitrogen and oxygen atoms in total. The van der Waals surface area contributed by atoms with Crippen molar-refractivity contribution in [1.29, 1.82) is 5.26 Å². The third kappa shape index (κ3) is 6.11. The monoisotopic (exact) mass is 501 g/mol. The van der Waals surface area contributed by atoms with Crippen LogP contribution in [0.5, 0.6) is 0 Å². The van der Waals surface area contributed by atoms with Crippen LogP contribution in [0.25, 0.3) is 0 Å². The van der Waals surface area contributed by atoms with Crippen LogP contribution in [0.1, 0.15) is 26.3 Å². The number of aliphatic hydroxyl groups excluding tert-OH is 1. The van der Waals surface area contributed by atoms with E-state index in [0.717, 1.165) is 16.7 Å². The van der Waals surface area contributed by atoms with Gasteiger partial charge < -0.3 is 15.7 Å². The Morgan fingerprint density at radius 3 is 2.75 bits per heavy atom. The van der Waals surface area contributed by atoms with Crippen LogP contribution in [0.4, 0.5) is 11.4 Å². The Balaban J connectivity index is 1.69. The molecule has 3 atom stereocenters. The molecule has 0 saturated heterocycles. The Labute approximate surface area is 216 Å². The largest absolute Gasteiger partial charge is 0.369 e. The van der Waals surface area contributed by atoms with E-state index in [1.165, 1.54) is 11.8 Å². The first-order chi connectivity index (χ1) is 17.1. The van der Waals surface area contributed by atoms with Crippen molar-refractivity contribution in [2.75, 3.05) is 10.6 Å². The van der Waals surface area contributed by atoms with E-state index in [-0.39, 0.29) is 17.3 Å². The third-order valence-corrected chi connectivity index (χ3v) is 7.40. The first kappa shape index (κ1) is 26.9. The number of carbonyl (C=O) groups is 1. The summed E-state index contributed by atoms with van der Waals surface area (Å²) in [5.74, 6) is -0.245. The Hall–Kier alpha value is -3.67. The number of rotatable bonds is 9. The van der Waals surface area contributed by atoms with Gasteiger partial charge in [-0.2, -0.15) is 5.26 Å². The fourth-order valence-corrected chi connectivity index (χ4v) is 4.66. The van der Waals surface area contributed by atoms with Gasteiger partial charge in [-0.25, -0.2) is 0 Å². The maximum Gasteiger partial charge on any atom is 0.262 e. The number of amides is 1. The molecule has 36 heavy (non-hydrogen) atoms. The molecule has 8 heteroatoms. The summed E-state index contributed by atoms with van der Waals surface area (Å²) in [5, 5.41) is 25.6. The van der Waals surface area contributed by atoms with Crippen molar-refractivity contribution in [2.24, 2.45) is 15.4 Å². The third-order valence-electron chi connectivity index (χ3n) is 6.12. The number of aliphatic hydroxyl groups is 1. The lowest BCUT2D eigenvalue weighted by Crippen LogP contribution is -2.20. The van der Waals surface area contributed by atoms with Gasteiger partial charge in [0.1, 0.15) is 17.6 Å². The summed E-state index contributed by atoms with van der Waals surface area (Å²) >= 11 is 1.38. The minimum absolute atomic E-state index is 0.156. The van der Waals surface area contributed by atoms with Crippen molar-refractivity contribution in [3.05, 3.63) is 82.8 Å². The summed E-state index contributed by atoms with van der Waals surface area (Å²) < 4.78 is 0. The van der Waals surface area contributed by atoms with Crippen molar-refractivity contribution in [3.63, 3.8) is 0 Å². The van der Waals surface area contributed by atoms with Crippen molar-refractivity contribution < 1.29 is 9.90 Å². The molecule has 0 saturated carbocycles. The molecule has 0 fully saturated rings. The Morgan fingerprint density at radius 2 is 2.06 bits per heavy atom. The Kier molecular flexibility index (Phi) is 8.51. The molecule has 2 aliphatic heterocycles. The van der Waals surface area contributed by atoms with E-state index in [0.29, 0.717) is 21.9 Å². The summed E-state index contributed by atoms with van der Waals surface area (Å²) in [5.41, 5.74) is 3.67. The lowest BCUT2D eigenvalue weighted by Gasteiger charge is -2.17. The van der Waals surface area contributed by atoms with Crippen LogP contribution in [-0.4, -0.2) is 41.1 Å². The molecule has 3 rings (SSSR count). The van der Waals surface area contributed by atoms with Crippen LogP contribution in [0.15, 0.2) is 87.3 Å². The van der Waals surface area contributed by atoms with Crippen LogP contribution in [0.2, 0.25) is 0 Å². The molecule has 0 radical (unpaired) electrons. The zero-order chi connectivity index (χ0) is 26.5. The number of hydrogen-bond donors (Lipinski definition) is 3. The van der Waals surface area contributed by atoms with Crippen LogP contribution < -0.4 is 10.6 Å². The number of anilines is 2. The van der Waals surface area contributed by atoms with Crippen molar-refractivity contribution in [3.8, 4) is 6.07 Å². The first-order valence-corrected chi connectivity index (χ1v) is 12.4. The van der Waals surface area contributed by atoms with Gasteiger partial charge in [-0.15, -0.1) is 0 Å². The number of aryl methyl sites for hydroxylation is 1. The number of benzene rings is 1. The minimum atomic E-state index is -1.04. The van der Waals surface area contributed by atoms with Crippen molar-refractivity contribution in [1.82, 2.24) is 0 Å². The van der Waals surface area contributed by atoms with Crippen molar-refractivity contribution in [2.45, 2.75) is 45.3 Å². The van der Waals surface area contributed by atoms with E-state index in [1.807, 2.05) is 45.9 Å². The summed E-state index contributed by atoms with van der Waals surface area (Å²) in [6.45, 7) is 15.3. The minimum Gasteiger partial charge on any atom is -0.369 e. The first-order valence-electron chi connectivity index (χ1n) is 11.5. The molecule has 0 spiro atoms. The van der Waals surface area contributed by atoms with E-state index in [2.05, 4.69) is 39.8 Å². The normalized spacial score (nSPS) is 20.2. The number of nitriles is 1. The summed E-state index contributed by atoms with van der Waals surface area (Å²) in [4.78, 5) is 22.5. The molecule has 1 amide bonds. The second-order valence-corrected chi connectivity index (χ2v) is 10.2. The summed E-state index contributed by atoms with van der Waals surface area (Å²) in [6.07, 6.45) is 9.21. The maximum absolute atomic E-state index is 13.1. The fraction of sp³-hybridized carbons (Fsp3) is 0.286. The highest BCUT2D eigenvalue weighted by Crippen LogP contribution is 2.42. The molecule has 0 aliphatic carbocycles. The molecule has 3 N–H and O–H groups in total. The average molecular weight is 502 g/mol. The number of hydrogen-bond acceptors (Lipinski definition) is 7. The second-order valence-electron chi connectivity index (χ2n) is 9.09. The summed E-state index contributed by atoms with van der Waals surface area (Å²) in [6, 6.07) is 7.50. The molecule has 2 aliphatic rings. The van der Waals surface area contributed by atoms with E-state index >= 15 is 0 Å². The number of allylic oxidation sites excluding steroid dienone is 3. The number of carbonyl (C=O) groups excluding carboxylic acids is 1. The average Bonchev–Trinajstić information content (AvgIpc) is 3.24. The van der Waals surface area contributed by atoms with Gasteiger partial charge in [0.15, 0.2) is 0 Å². The molecule has 1 unspecified atom stereocenters. The molecular weight excluding hydrogens is 470 g/mol. The topological polar surface area (TPSA) is 110 Å². The highest BCUT2D eigenvalue weighted by molar-refractivity contribution is 8.05. The lowest BCUT2D eigenvalue weighted by molar-refractivity contribution is -0.112. The van der Waals surface area contributed by atoms with Gasteiger partial charge in [-0.1, -0.05) is 60.9 Å². The predicted octanol–water partition coefficient (Wildman–Crippen LogP) is 5.31. The van der Waals surface area contributed by atoms with Crippen molar-refractivity contribution >= 4 is 41.5 Å². The SMILES string of the molecule is C=CC1=C(C(=O)Nc2cc(N[C@@H](O)C(=C)/C=C\C=C(/C)C(C)(C)C#N)ccc2C)SC2N=CC=N[C@H]12. The van der Waals surface area contributed by atoms with Gasteiger partial charge in [-0.05, 0) is 56.5 Å². The Morgan fingerprint density at radius 1 is 1.33 bits per heavy atom. The van der Waals surface area contributed by atoms with Crippen LogP contribution in [0, 0.1) is 23.7 Å². The van der Waals surface area contributed by atoms with E-state index in [9.17, 15) is 15.2 Å². The highest BCUT2D eigenvalue weighted by atomic mass is 32.2. The number of nitrogens with zero attached hydrogens (tertiary/aromatic N) is 3. The van der Waals surface area contributed by atoms with Gasteiger partial charge in [0, 0.05) is 23.8 Å². The highest BCUT2D eigenvalue weighted by Gasteiger charge is 2.37. The van der Waals surface area contributed by atoms with E-state index in [1.54, 1.807) is 36.7 Å². The van der Waals surface area contributed by atoms with Crippen LogP contribution in [-0.2, 0) is 4.79 Å². The standard InChI is InChI=1S/C28H31N5O2S/c1-7-21-23-27(31-14-13-30-23)36-24(21)26(35)33-22-15-20(12-11-17(22)2)32-25(34)18(3)9-8-10-19(4)28(5,6)16-29/h7-15,23,25,27,32,34H,1,3H2,2,4-6H3,(H,33,35)/b9-8-,19-10+/t23-,25+,27?/m1/s1. The molecule has 186 valence electrons. The molecular formula is C28H31N5O2S.